The number of esters is 2. The van der Waals surface area contributed by atoms with Gasteiger partial charge >= 0.3 is 19.8 Å². The second kappa shape index (κ2) is 40.4. The average molecular weight is 779 g/mol. The second-order valence-electron chi connectivity index (χ2n) is 14.3. The molecule has 2 N–H and O–H groups in total. The van der Waals surface area contributed by atoms with Gasteiger partial charge in [-0.3, -0.25) is 14.1 Å². The second-order valence-corrected chi connectivity index (χ2v) is 15.5. The molecule has 8 nitrogen and oxygen atoms in total. The third-order valence-corrected chi connectivity index (χ3v) is 9.49. The van der Waals surface area contributed by atoms with Crippen LogP contribution in [-0.4, -0.2) is 41.0 Å². The fourth-order valence-corrected chi connectivity index (χ4v) is 6.13. The van der Waals surface area contributed by atoms with Gasteiger partial charge in [-0.2, -0.15) is 0 Å². The van der Waals surface area contributed by atoms with Crippen LogP contribution >= 0.6 is 7.82 Å². The van der Waals surface area contributed by atoms with E-state index in [4.69, 9.17) is 19.3 Å². The lowest BCUT2D eigenvalue weighted by Crippen LogP contribution is -2.29. The van der Waals surface area contributed by atoms with Crippen LogP contribution in [0.5, 0.6) is 0 Å². The summed E-state index contributed by atoms with van der Waals surface area (Å²) in [5.74, 6) is -0.977. The van der Waals surface area contributed by atoms with E-state index in [0.29, 0.717) is 12.8 Å². The first-order valence-electron chi connectivity index (χ1n) is 21.6. The number of rotatable bonds is 39. The molecule has 0 rings (SSSR count). The van der Waals surface area contributed by atoms with Gasteiger partial charge in [0.05, 0.1) is 6.61 Å². The monoisotopic (exact) mass is 779 g/mol. The molecule has 0 saturated carbocycles. The number of ether oxygens (including phenoxy) is 2. The van der Waals surface area contributed by atoms with Gasteiger partial charge in [0.25, 0.3) is 0 Å². The van der Waals surface area contributed by atoms with E-state index in [1.54, 1.807) is 0 Å². The lowest BCUT2D eigenvalue weighted by Gasteiger charge is -2.18. The van der Waals surface area contributed by atoms with E-state index in [2.05, 4.69) is 73.1 Å². The summed E-state index contributed by atoms with van der Waals surface area (Å²) in [5, 5.41) is 0. The number of hydrogen-bond acceptors (Lipinski definition) is 6. The molecule has 54 heavy (non-hydrogen) atoms. The summed E-state index contributed by atoms with van der Waals surface area (Å²) in [4.78, 5) is 42.8. The fourth-order valence-electron chi connectivity index (χ4n) is 5.77. The van der Waals surface area contributed by atoms with Crippen LogP contribution in [0.3, 0.4) is 0 Å². The SMILES string of the molecule is CCCCCCCCC/C=C/C/C=C/C/C=C/C/C=C/CCCC(=O)OC[C@H](COP(=O)(O)O)OC(=O)CCCC/C=C/CCCCCCCCCCC. The molecule has 0 spiro atoms. The molecule has 0 aliphatic rings. The first-order chi connectivity index (χ1) is 26.3. The van der Waals surface area contributed by atoms with Crippen molar-refractivity contribution < 1.29 is 37.9 Å². The quantitative estimate of drug-likeness (QED) is 0.0274. The minimum Gasteiger partial charge on any atom is -0.462 e. The van der Waals surface area contributed by atoms with Crippen molar-refractivity contribution in [2.75, 3.05) is 13.2 Å². The Kier molecular flexibility index (Phi) is 38.7. The summed E-state index contributed by atoms with van der Waals surface area (Å²) in [6.07, 6.45) is 51.0. The van der Waals surface area contributed by atoms with Gasteiger partial charge in [0, 0.05) is 12.8 Å². The van der Waals surface area contributed by atoms with E-state index < -0.39 is 32.5 Å². The summed E-state index contributed by atoms with van der Waals surface area (Å²) in [5.41, 5.74) is 0. The Balaban J connectivity index is 4.04. The number of phosphoric acid groups is 1. The predicted octanol–water partition coefficient (Wildman–Crippen LogP) is 13.3. The first kappa shape index (κ1) is 51.8. The summed E-state index contributed by atoms with van der Waals surface area (Å²) in [7, 11) is -4.77. The number of unbranched alkanes of at least 4 members (excludes halogenated alkanes) is 19. The zero-order valence-corrected chi connectivity index (χ0v) is 35.2. The van der Waals surface area contributed by atoms with Gasteiger partial charge in [0.2, 0.25) is 0 Å². The van der Waals surface area contributed by atoms with Gasteiger partial charge < -0.3 is 19.3 Å². The minimum atomic E-state index is -4.77. The molecule has 0 aromatic heterocycles. The van der Waals surface area contributed by atoms with Crippen LogP contribution in [0.2, 0.25) is 0 Å². The molecule has 0 heterocycles. The molecule has 0 fully saturated rings. The van der Waals surface area contributed by atoms with Gasteiger partial charge in [-0.15, -0.1) is 0 Å². The van der Waals surface area contributed by atoms with Crippen LogP contribution in [0.15, 0.2) is 60.8 Å². The van der Waals surface area contributed by atoms with Gasteiger partial charge in [-0.05, 0) is 77.0 Å². The minimum absolute atomic E-state index is 0.168. The van der Waals surface area contributed by atoms with Crippen molar-refractivity contribution in [2.24, 2.45) is 0 Å². The Labute approximate surface area is 330 Å². The Morgan fingerprint density at radius 1 is 0.481 bits per heavy atom. The molecule has 1 atom stereocenters. The molecule has 0 aromatic rings. The molecule has 0 aliphatic heterocycles. The Morgan fingerprint density at radius 2 is 0.852 bits per heavy atom. The van der Waals surface area contributed by atoms with Crippen LogP contribution in [0, 0.1) is 0 Å². The van der Waals surface area contributed by atoms with Gasteiger partial charge in [0.1, 0.15) is 6.61 Å². The first-order valence-corrected chi connectivity index (χ1v) is 23.1. The molecular weight excluding hydrogens is 699 g/mol. The molecule has 0 amide bonds. The maximum absolute atomic E-state index is 12.4. The summed E-state index contributed by atoms with van der Waals surface area (Å²) in [6, 6.07) is 0. The third kappa shape index (κ3) is 42.5. The van der Waals surface area contributed by atoms with Crippen molar-refractivity contribution in [2.45, 2.75) is 200 Å². The lowest BCUT2D eigenvalue weighted by molar-refractivity contribution is -0.161. The molecule has 9 heteroatoms. The number of allylic oxidation sites excluding steroid dienone is 10. The van der Waals surface area contributed by atoms with Crippen molar-refractivity contribution >= 4 is 19.8 Å². The van der Waals surface area contributed by atoms with E-state index in [0.717, 1.165) is 44.9 Å². The normalized spacial score (nSPS) is 13.0. The maximum Gasteiger partial charge on any atom is 0.469 e. The summed E-state index contributed by atoms with van der Waals surface area (Å²) < 4.78 is 26.3. The topological polar surface area (TPSA) is 119 Å². The molecule has 0 aliphatic carbocycles. The number of carbonyl (C=O) groups is 2. The standard InChI is InChI=1S/C45H79O8P/c1-3-5-7-9-11-13-15-17-19-20-21-22-23-24-26-27-29-31-33-35-37-39-44(46)51-41-43(42-52-54(48,49)50)53-45(47)40-38-36-34-32-30-28-25-18-16-14-12-10-8-6-4-2/h19-20,22-23,26-27,30-33,43H,3-18,21,24-25,28-29,34-42H2,1-2H3,(H2,48,49,50)/b20-19+,23-22+,27-26+,32-30+,33-31+/t43-/m1/s1. The van der Waals surface area contributed by atoms with Crippen molar-refractivity contribution in [3.8, 4) is 0 Å². The van der Waals surface area contributed by atoms with E-state index >= 15 is 0 Å². The summed E-state index contributed by atoms with van der Waals surface area (Å²) in [6.45, 7) is 3.62. The molecule has 312 valence electrons. The van der Waals surface area contributed by atoms with Crippen LogP contribution < -0.4 is 0 Å². The van der Waals surface area contributed by atoms with Crippen molar-refractivity contribution in [3.05, 3.63) is 60.8 Å². The number of phosphoric ester groups is 1. The number of carbonyl (C=O) groups excluding carboxylic acids is 2. The Morgan fingerprint density at radius 3 is 1.31 bits per heavy atom. The molecule has 0 saturated heterocycles. The molecule has 0 unspecified atom stereocenters. The molecule has 0 radical (unpaired) electrons. The lowest BCUT2D eigenvalue weighted by atomic mass is 10.1. The van der Waals surface area contributed by atoms with E-state index in [1.807, 2.05) is 6.08 Å². The largest absolute Gasteiger partial charge is 0.469 e. The number of hydrogen-bond donors (Lipinski definition) is 2. The van der Waals surface area contributed by atoms with Gasteiger partial charge in [-0.25, -0.2) is 4.57 Å². The average Bonchev–Trinajstić information content (AvgIpc) is 3.14. The molecule has 0 bridgehead atoms. The van der Waals surface area contributed by atoms with Crippen LogP contribution in [0.25, 0.3) is 0 Å². The zero-order valence-electron chi connectivity index (χ0n) is 34.4. The van der Waals surface area contributed by atoms with E-state index in [1.165, 1.54) is 109 Å². The highest BCUT2D eigenvalue weighted by Crippen LogP contribution is 2.36. The van der Waals surface area contributed by atoms with Crippen molar-refractivity contribution in [1.82, 2.24) is 0 Å². The third-order valence-electron chi connectivity index (χ3n) is 9.01. The van der Waals surface area contributed by atoms with E-state index in [-0.39, 0.29) is 19.4 Å². The fraction of sp³-hybridized carbons (Fsp3) is 0.733. The Bertz CT molecular complexity index is 1060. The van der Waals surface area contributed by atoms with Crippen molar-refractivity contribution in [1.29, 1.82) is 0 Å². The maximum atomic E-state index is 12.4. The Hall–Kier alpha value is -2.25. The highest BCUT2D eigenvalue weighted by Gasteiger charge is 2.22. The van der Waals surface area contributed by atoms with Crippen LogP contribution in [0.1, 0.15) is 194 Å². The van der Waals surface area contributed by atoms with Crippen LogP contribution in [0.4, 0.5) is 0 Å². The molecular formula is C45H79O8P. The molecule has 0 aromatic carbocycles. The van der Waals surface area contributed by atoms with Gasteiger partial charge in [-0.1, -0.05) is 164 Å². The predicted molar refractivity (Wildman–Crippen MR) is 225 cm³/mol. The van der Waals surface area contributed by atoms with E-state index in [9.17, 15) is 14.2 Å². The van der Waals surface area contributed by atoms with Crippen LogP contribution in [-0.2, 0) is 28.2 Å². The smallest absolute Gasteiger partial charge is 0.462 e. The zero-order chi connectivity index (χ0) is 39.6. The van der Waals surface area contributed by atoms with Gasteiger partial charge in [0.15, 0.2) is 6.10 Å². The summed E-state index contributed by atoms with van der Waals surface area (Å²) >= 11 is 0. The highest BCUT2D eigenvalue weighted by molar-refractivity contribution is 7.46. The highest BCUT2D eigenvalue weighted by atomic mass is 31.2. The van der Waals surface area contributed by atoms with Crippen molar-refractivity contribution in [3.63, 3.8) is 0 Å².